The molecule has 1 saturated heterocycles. The molecule has 0 aromatic heterocycles. The molecule has 1 N–H and O–H groups in total. The Hall–Kier alpha value is -0.770. The van der Waals surface area contributed by atoms with Crippen molar-refractivity contribution >= 4 is 6.09 Å². The van der Waals surface area contributed by atoms with Crippen LogP contribution >= 0.6 is 0 Å². The Kier molecular flexibility index (Phi) is 2.86. The molecule has 0 radical (unpaired) electrons. The first-order chi connectivity index (χ1) is 7.38. The van der Waals surface area contributed by atoms with Gasteiger partial charge in [-0.2, -0.15) is 0 Å². The number of hydrogen-bond acceptors (Lipinski definition) is 3. The molecule has 0 spiro atoms. The lowest BCUT2D eigenvalue weighted by Gasteiger charge is -2.28. The third-order valence-electron chi connectivity index (χ3n) is 3.48. The van der Waals surface area contributed by atoms with E-state index in [1.54, 1.807) is 4.90 Å². The van der Waals surface area contributed by atoms with Crippen LogP contribution in [0.5, 0.6) is 0 Å². The summed E-state index contributed by atoms with van der Waals surface area (Å²) in [7, 11) is 0. The minimum absolute atomic E-state index is 0.199. The van der Waals surface area contributed by atoms with Gasteiger partial charge in [-0.15, -0.1) is 0 Å². The molecule has 0 bridgehead atoms. The summed E-state index contributed by atoms with van der Waals surface area (Å²) in [5, 5.41) is 9.75. The molecule has 1 saturated carbocycles. The van der Waals surface area contributed by atoms with Crippen LogP contribution in [0, 0.1) is 5.92 Å². The van der Waals surface area contributed by atoms with Crippen molar-refractivity contribution in [3.05, 3.63) is 0 Å². The summed E-state index contributed by atoms with van der Waals surface area (Å²) in [6, 6.07) is 0.199. The van der Waals surface area contributed by atoms with Crippen LogP contribution in [0.1, 0.15) is 40.0 Å². The van der Waals surface area contributed by atoms with E-state index < -0.39 is 5.60 Å². The zero-order valence-corrected chi connectivity index (χ0v) is 10.3. The maximum absolute atomic E-state index is 11.9. The Balaban J connectivity index is 1.99. The molecular formula is C12H21NO3. The number of rotatable bonds is 0. The molecule has 0 aromatic carbocycles. The molecule has 2 aliphatic rings. The van der Waals surface area contributed by atoms with E-state index in [2.05, 4.69) is 0 Å². The van der Waals surface area contributed by atoms with Gasteiger partial charge in [0.1, 0.15) is 5.60 Å². The number of likely N-dealkylation sites (tertiary alicyclic amines) is 1. The number of aliphatic hydroxyl groups is 1. The second-order valence-corrected chi connectivity index (χ2v) is 5.84. The summed E-state index contributed by atoms with van der Waals surface area (Å²) in [4.78, 5) is 13.7. The average Bonchev–Trinajstić information content (AvgIpc) is 2.66. The summed E-state index contributed by atoms with van der Waals surface area (Å²) in [6.07, 6.45) is 2.18. The SMILES string of the molecule is CC(C)(C)OC(=O)N1CC[C@@H]2[C@H](O)CC[C@@H]21. The summed E-state index contributed by atoms with van der Waals surface area (Å²) in [5.74, 6) is 0.271. The van der Waals surface area contributed by atoms with E-state index in [4.69, 9.17) is 4.74 Å². The van der Waals surface area contributed by atoms with Gasteiger partial charge in [-0.05, 0) is 40.0 Å². The largest absolute Gasteiger partial charge is 0.444 e. The molecule has 1 heterocycles. The number of carbonyl (C=O) groups excluding carboxylic acids is 1. The van der Waals surface area contributed by atoms with Crippen LogP contribution in [0.4, 0.5) is 4.79 Å². The molecule has 1 aliphatic carbocycles. The molecule has 0 aromatic rings. The third kappa shape index (κ3) is 2.17. The van der Waals surface area contributed by atoms with E-state index >= 15 is 0 Å². The fourth-order valence-corrected chi connectivity index (χ4v) is 2.80. The second-order valence-electron chi connectivity index (χ2n) is 5.84. The van der Waals surface area contributed by atoms with E-state index in [-0.39, 0.29) is 24.2 Å². The fourth-order valence-electron chi connectivity index (χ4n) is 2.80. The lowest BCUT2D eigenvalue weighted by Crippen LogP contribution is -2.40. The van der Waals surface area contributed by atoms with Gasteiger partial charge in [-0.25, -0.2) is 4.79 Å². The van der Waals surface area contributed by atoms with Gasteiger partial charge in [0, 0.05) is 18.5 Å². The molecule has 16 heavy (non-hydrogen) atoms. The Morgan fingerprint density at radius 3 is 2.62 bits per heavy atom. The van der Waals surface area contributed by atoms with Crippen LogP contribution in [0.2, 0.25) is 0 Å². The highest BCUT2D eigenvalue weighted by molar-refractivity contribution is 5.69. The monoisotopic (exact) mass is 227 g/mol. The van der Waals surface area contributed by atoms with Crippen molar-refractivity contribution in [1.82, 2.24) is 4.90 Å². The summed E-state index contributed by atoms with van der Waals surface area (Å²) < 4.78 is 5.37. The van der Waals surface area contributed by atoms with Crippen molar-refractivity contribution < 1.29 is 14.6 Å². The van der Waals surface area contributed by atoms with Crippen LogP contribution in [-0.4, -0.2) is 40.4 Å². The Bertz CT molecular complexity index is 284. The molecule has 2 fully saturated rings. The standard InChI is InChI=1S/C12H21NO3/c1-12(2,3)16-11(15)13-7-6-8-9(13)4-5-10(8)14/h8-10,14H,4-7H2,1-3H3/t8-,9-,10+/m0/s1. The van der Waals surface area contributed by atoms with Gasteiger partial charge in [0.2, 0.25) is 0 Å². The number of amides is 1. The molecule has 4 heteroatoms. The minimum atomic E-state index is -0.438. The van der Waals surface area contributed by atoms with Crippen molar-refractivity contribution in [2.24, 2.45) is 5.92 Å². The predicted octanol–water partition coefficient (Wildman–Crippen LogP) is 1.77. The zero-order chi connectivity index (χ0) is 11.9. The molecule has 2 rings (SSSR count). The van der Waals surface area contributed by atoms with Crippen LogP contribution in [-0.2, 0) is 4.74 Å². The molecule has 3 atom stereocenters. The van der Waals surface area contributed by atoms with Gasteiger partial charge in [0.05, 0.1) is 6.10 Å². The lowest BCUT2D eigenvalue weighted by molar-refractivity contribution is 0.0211. The minimum Gasteiger partial charge on any atom is -0.444 e. The van der Waals surface area contributed by atoms with E-state index in [0.29, 0.717) is 0 Å². The van der Waals surface area contributed by atoms with E-state index in [0.717, 1.165) is 25.8 Å². The lowest BCUT2D eigenvalue weighted by atomic mass is 10.0. The van der Waals surface area contributed by atoms with Gasteiger partial charge in [0.15, 0.2) is 0 Å². The Morgan fingerprint density at radius 2 is 2.00 bits per heavy atom. The maximum Gasteiger partial charge on any atom is 0.410 e. The maximum atomic E-state index is 11.9. The predicted molar refractivity (Wildman–Crippen MR) is 60.1 cm³/mol. The topological polar surface area (TPSA) is 49.8 Å². The molecule has 0 unspecified atom stereocenters. The highest BCUT2D eigenvalue weighted by Gasteiger charge is 2.45. The fraction of sp³-hybridized carbons (Fsp3) is 0.917. The number of carbonyl (C=O) groups is 1. The molecule has 1 aliphatic heterocycles. The summed E-state index contributed by atoms with van der Waals surface area (Å²) in [5.41, 5.74) is -0.438. The first-order valence-electron chi connectivity index (χ1n) is 6.06. The summed E-state index contributed by atoms with van der Waals surface area (Å²) >= 11 is 0. The molecule has 92 valence electrons. The Labute approximate surface area is 96.6 Å². The van der Waals surface area contributed by atoms with Crippen LogP contribution in [0.3, 0.4) is 0 Å². The van der Waals surface area contributed by atoms with Gasteiger partial charge >= 0.3 is 6.09 Å². The van der Waals surface area contributed by atoms with Crippen molar-refractivity contribution in [2.45, 2.75) is 57.8 Å². The number of fused-ring (bicyclic) bond motifs is 1. The summed E-state index contributed by atoms with van der Waals surface area (Å²) in [6.45, 7) is 6.35. The first kappa shape index (κ1) is 11.7. The smallest absolute Gasteiger partial charge is 0.410 e. The van der Waals surface area contributed by atoms with E-state index in [1.807, 2.05) is 20.8 Å². The van der Waals surface area contributed by atoms with E-state index in [9.17, 15) is 9.90 Å². The van der Waals surface area contributed by atoms with Gasteiger partial charge in [0.25, 0.3) is 0 Å². The van der Waals surface area contributed by atoms with Gasteiger partial charge in [-0.3, -0.25) is 0 Å². The van der Waals surface area contributed by atoms with Crippen molar-refractivity contribution in [1.29, 1.82) is 0 Å². The normalized spacial score (nSPS) is 34.0. The number of ether oxygens (including phenoxy) is 1. The van der Waals surface area contributed by atoms with Crippen LogP contribution < -0.4 is 0 Å². The quantitative estimate of drug-likeness (QED) is 0.686. The van der Waals surface area contributed by atoms with E-state index in [1.165, 1.54) is 0 Å². The number of nitrogens with zero attached hydrogens (tertiary/aromatic N) is 1. The average molecular weight is 227 g/mol. The first-order valence-corrected chi connectivity index (χ1v) is 6.06. The molecular weight excluding hydrogens is 206 g/mol. The highest BCUT2D eigenvalue weighted by atomic mass is 16.6. The third-order valence-corrected chi connectivity index (χ3v) is 3.48. The molecule has 4 nitrogen and oxygen atoms in total. The Morgan fingerprint density at radius 1 is 1.31 bits per heavy atom. The van der Waals surface area contributed by atoms with Crippen molar-refractivity contribution in [3.63, 3.8) is 0 Å². The van der Waals surface area contributed by atoms with Crippen LogP contribution in [0.25, 0.3) is 0 Å². The molecule has 1 amide bonds. The number of aliphatic hydroxyl groups excluding tert-OH is 1. The van der Waals surface area contributed by atoms with Crippen molar-refractivity contribution in [3.8, 4) is 0 Å². The number of hydrogen-bond donors (Lipinski definition) is 1. The zero-order valence-electron chi connectivity index (χ0n) is 10.3. The van der Waals surface area contributed by atoms with Crippen LogP contribution in [0.15, 0.2) is 0 Å². The highest BCUT2D eigenvalue weighted by Crippen LogP contribution is 2.38. The van der Waals surface area contributed by atoms with Gasteiger partial charge < -0.3 is 14.7 Å². The van der Waals surface area contributed by atoms with Crippen molar-refractivity contribution in [2.75, 3.05) is 6.54 Å². The second kappa shape index (κ2) is 3.91. The van der Waals surface area contributed by atoms with Gasteiger partial charge in [-0.1, -0.05) is 0 Å².